The highest BCUT2D eigenvalue weighted by atomic mass is 35.5. The standard InChI is InChI=1S/C20H17Cl3FN3O/c1-20(2,3)17-10-18(25-19(28)13-6-5-12(24)9-15(13)23)27(26-17)16-8-11(21)4-7-14(16)22/h4-10H,1-3H3,(H,25,28). The molecule has 1 N–H and O–H groups in total. The highest BCUT2D eigenvalue weighted by Crippen LogP contribution is 2.31. The van der Waals surface area contributed by atoms with Gasteiger partial charge in [0.25, 0.3) is 5.91 Å². The topological polar surface area (TPSA) is 46.9 Å². The summed E-state index contributed by atoms with van der Waals surface area (Å²) in [6.45, 7) is 6.01. The molecule has 0 unspecified atom stereocenters. The molecule has 146 valence electrons. The normalized spacial score (nSPS) is 11.5. The molecule has 0 radical (unpaired) electrons. The van der Waals surface area contributed by atoms with Crippen molar-refractivity contribution in [2.24, 2.45) is 0 Å². The van der Waals surface area contributed by atoms with E-state index in [1.54, 1.807) is 24.3 Å². The Balaban J connectivity index is 2.08. The third kappa shape index (κ3) is 4.32. The second kappa shape index (κ2) is 7.74. The number of carbonyl (C=O) groups excluding carboxylic acids is 1. The first kappa shape index (κ1) is 20.6. The average molecular weight is 441 g/mol. The Kier molecular flexibility index (Phi) is 5.71. The predicted octanol–water partition coefficient (Wildman–Crippen LogP) is 6.52. The Hall–Kier alpha value is -2.08. The molecule has 0 saturated heterocycles. The molecular formula is C20H17Cl3FN3O. The molecule has 0 bridgehead atoms. The number of rotatable bonds is 3. The molecule has 0 spiro atoms. The third-order valence-corrected chi connectivity index (χ3v) is 4.90. The van der Waals surface area contributed by atoms with Crippen molar-refractivity contribution in [3.05, 3.63) is 74.6 Å². The van der Waals surface area contributed by atoms with E-state index in [4.69, 9.17) is 34.8 Å². The Morgan fingerprint density at radius 3 is 2.39 bits per heavy atom. The summed E-state index contributed by atoms with van der Waals surface area (Å²) in [5, 5.41) is 8.29. The minimum absolute atomic E-state index is 0.0143. The number of hydrogen-bond donors (Lipinski definition) is 1. The molecule has 2 aromatic carbocycles. The average Bonchev–Trinajstić information content (AvgIpc) is 3.00. The van der Waals surface area contributed by atoms with E-state index in [1.807, 2.05) is 20.8 Å². The van der Waals surface area contributed by atoms with Crippen LogP contribution in [0.3, 0.4) is 0 Å². The first-order chi connectivity index (χ1) is 13.1. The first-order valence-corrected chi connectivity index (χ1v) is 9.52. The molecule has 1 heterocycles. The second-order valence-corrected chi connectivity index (χ2v) is 8.50. The monoisotopic (exact) mass is 439 g/mol. The van der Waals surface area contributed by atoms with E-state index >= 15 is 0 Å². The van der Waals surface area contributed by atoms with Gasteiger partial charge in [0.05, 0.1) is 27.0 Å². The van der Waals surface area contributed by atoms with Crippen LogP contribution in [0.15, 0.2) is 42.5 Å². The van der Waals surface area contributed by atoms with Crippen LogP contribution >= 0.6 is 34.8 Å². The Morgan fingerprint density at radius 2 is 1.75 bits per heavy atom. The lowest BCUT2D eigenvalue weighted by atomic mass is 9.92. The van der Waals surface area contributed by atoms with Crippen molar-refractivity contribution in [3.8, 4) is 5.69 Å². The van der Waals surface area contributed by atoms with Gasteiger partial charge in [0.1, 0.15) is 11.6 Å². The van der Waals surface area contributed by atoms with E-state index in [2.05, 4.69) is 10.4 Å². The van der Waals surface area contributed by atoms with Crippen molar-refractivity contribution in [1.82, 2.24) is 9.78 Å². The maximum Gasteiger partial charge on any atom is 0.258 e. The zero-order valence-corrected chi connectivity index (χ0v) is 17.6. The molecule has 0 aliphatic carbocycles. The van der Waals surface area contributed by atoms with Crippen LogP contribution in [-0.2, 0) is 5.41 Å². The van der Waals surface area contributed by atoms with E-state index in [0.29, 0.717) is 21.6 Å². The number of aromatic nitrogens is 2. The molecule has 1 amide bonds. The van der Waals surface area contributed by atoms with E-state index in [9.17, 15) is 9.18 Å². The molecule has 3 aromatic rings. The van der Waals surface area contributed by atoms with Crippen LogP contribution in [0.5, 0.6) is 0 Å². The lowest BCUT2D eigenvalue weighted by molar-refractivity contribution is 0.102. The predicted molar refractivity (Wildman–Crippen MR) is 112 cm³/mol. The van der Waals surface area contributed by atoms with Crippen molar-refractivity contribution >= 4 is 46.5 Å². The van der Waals surface area contributed by atoms with Crippen LogP contribution in [0.4, 0.5) is 10.2 Å². The highest BCUT2D eigenvalue weighted by molar-refractivity contribution is 6.35. The van der Waals surface area contributed by atoms with Crippen LogP contribution in [-0.4, -0.2) is 15.7 Å². The van der Waals surface area contributed by atoms with Crippen molar-refractivity contribution < 1.29 is 9.18 Å². The second-order valence-electron chi connectivity index (χ2n) is 7.25. The van der Waals surface area contributed by atoms with Gasteiger partial charge in [0.2, 0.25) is 0 Å². The fourth-order valence-corrected chi connectivity index (χ4v) is 3.14. The van der Waals surface area contributed by atoms with Gasteiger partial charge in [-0.1, -0.05) is 55.6 Å². The smallest absolute Gasteiger partial charge is 0.258 e. The van der Waals surface area contributed by atoms with Gasteiger partial charge in [-0.25, -0.2) is 9.07 Å². The summed E-state index contributed by atoms with van der Waals surface area (Å²) < 4.78 is 14.8. The minimum Gasteiger partial charge on any atom is -0.306 e. The van der Waals surface area contributed by atoms with Gasteiger partial charge in [-0.2, -0.15) is 5.10 Å². The molecule has 0 atom stereocenters. The number of nitrogens with one attached hydrogen (secondary N) is 1. The fraction of sp³-hybridized carbons (Fsp3) is 0.200. The van der Waals surface area contributed by atoms with Crippen molar-refractivity contribution in [1.29, 1.82) is 0 Å². The van der Waals surface area contributed by atoms with E-state index < -0.39 is 11.7 Å². The van der Waals surface area contributed by atoms with Crippen LogP contribution in [0.2, 0.25) is 15.1 Å². The van der Waals surface area contributed by atoms with Gasteiger partial charge in [-0.05, 0) is 36.4 Å². The number of amides is 1. The summed E-state index contributed by atoms with van der Waals surface area (Å²) in [5.74, 6) is -0.628. The number of carbonyl (C=O) groups is 1. The summed E-state index contributed by atoms with van der Waals surface area (Å²) >= 11 is 18.4. The SMILES string of the molecule is CC(C)(C)c1cc(NC(=O)c2ccc(F)cc2Cl)n(-c2cc(Cl)ccc2Cl)n1. The molecular weight excluding hydrogens is 424 g/mol. The molecule has 8 heteroatoms. The van der Waals surface area contributed by atoms with Crippen molar-refractivity contribution in [3.63, 3.8) is 0 Å². The number of benzene rings is 2. The number of hydrogen-bond acceptors (Lipinski definition) is 2. The van der Waals surface area contributed by atoms with Crippen LogP contribution in [0.25, 0.3) is 5.69 Å². The largest absolute Gasteiger partial charge is 0.306 e. The Bertz CT molecular complexity index is 1060. The first-order valence-electron chi connectivity index (χ1n) is 8.38. The lowest BCUT2D eigenvalue weighted by Crippen LogP contribution is -2.16. The Morgan fingerprint density at radius 1 is 1.04 bits per heavy atom. The van der Waals surface area contributed by atoms with Gasteiger partial charge in [0.15, 0.2) is 0 Å². The molecule has 0 aliphatic heterocycles. The van der Waals surface area contributed by atoms with E-state index in [0.717, 1.165) is 11.8 Å². The number of nitrogens with zero attached hydrogens (tertiary/aromatic N) is 2. The summed E-state index contributed by atoms with van der Waals surface area (Å²) in [6, 6.07) is 10.3. The number of anilines is 1. The summed E-state index contributed by atoms with van der Waals surface area (Å²) in [7, 11) is 0. The zero-order chi connectivity index (χ0) is 20.6. The summed E-state index contributed by atoms with van der Waals surface area (Å²) in [6.07, 6.45) is 0. The highest BCUT2D eigenvalue weighted by Gasteiger charge is 2.23. The third-order valence-electron chi connectivity index (χ3n) is 4.03. The van der Waals surface area contributed by atoms with Gasteiger partial charge >= 0.3 is 0 Å². The van der Waals surface area contributed by atoms with E-state index in [1.165, 1.54) is 16.8 Å². The summed E-state index contributed by atoms with van der Waals surface area (Å²) in [5.41, 5.74) is 1.13. The quantitative estimate of drug-likeness (QED) is 0.504. The van der Waals surface area contributed by atoms with Crippen LogP contribution < -0.4 is 5.32 Å². The Labute approximate surface area is 177 Å². The molecule has 28 heavy (non-hydrogen) atoms. The summed E-state index contributed by atoms with van der Waals surface area (Å²) in [4.78, 5) is 12.7. The van der Waals surface area contributed by atoms with E-state index in [-0.39, 0.29) is 16.0 Å². The molecule has 3 rings (SSSR count). The molecule has 0 fully saturated rings. The number of halogens is 4. The van der Waals surface area contributed by atoms with Crippen LogP contribution in [0.1, 0.15) is 36.8 Å². The molecule has 0 saturated carbocycles. The molecule has 1 aromatic heterocycles. The van der Waals surface area contributed by atoms with Gasteiger partial charge in [0, 0.05) is 16.5 Å². The molecule has 4 nitrogen and oxygen atoms in total. The minimum atomic E-state index is -0.521. The zero-order valence-electron chi connectivity index (χ0n) is 15.4. The van der Waals surface area contributed by atoms with Crippen molar-refractivity contribution in [2.75, 3.05) is 5.32 Å². The van der Waals surface area contributed by atoms with Gasteiger partial charge < -0.3 is 5.32 Å². The van der Waals surface area contributed by atoms with Crippen LogP contribution in [0, 0.1) is 5.82 Å². The lowest BCUT2D eigenvalue weighted by Gasteiger charge is -2.14. The van der Waals surface area contributed by atoms with Gasteiger partial charge in [-0.3, -0.25) is 4.79 Å². The van der Waals surface area contributed by atoms with Gasteiger partial charge in [-0.15, -0.1) is 0 Å². The fourth-order valence-electron chi connectivity index (χ4n) is 2.53. The molecule has 0 aliphatic rings. The maximum absolute atomic E-state index is 13.3. The maximum atomic E-state index is 13.3. The van der Waals surface area contributed by atoms with Crippen molar-refractivity contribution in [2.45, 2.75) is 26.2 Å².